The van der Waals surface area contributed by atoms with Gasteiger partial charge in [-0.05, 0) is 67.2 Å². The third-order valence-corrected chi connectivity index (χ3v) is 5.61. The van der Waals surface area contributed by atoms with Gasteiger partial charge in [-0.3, -0.25) is 14.3 Å². The van der Waals surface area contributed by atoms with Gasteiger partial charge in [-0.2, -0.15) is 0 Å². The van der Waals surface area contributed by atoms with Crippen molar-refractivity contribution in [3.63, 3.8) is 0 Å². The van der Waals surface area contributed by atoms with Gasteiger partial charge in [-0.1, -0.05) is 38.5 Å². The molecule has 0 spiro atoms. The highest BCUT2D eigenvalue weighted by atomic mass is 19.4. The summed E-state index contributed by atoms with van der Waals surface area (Å²) in [5, 5.41) is 0. The monoisotopic (exact) mass is 468 g/mol. The van der Waals surface area contributed by atoms with Crippen molar-refractivity contribution in [2.24, 2.45) is 10.8 Å². The highest BCUT2D eigenvalue weighted by Crippen LogP contribution is 2.29. The Hall–Kier alpha value is -1.31. The van der Waals surface area contributed by atoms with Gasteiger partial charge in [0.15, 0.2) is 0 Å². The van der Waals surface area contributed by atoms with Crippen LogP contribution in [0, 0.1) is 10.8 Å². The van der Waals surface area contributed by atoms with E-state index in [1.807, 2.05) is 27.7 Å². The van der Waals surface area contributed by atoms with E-state index in [1.54, 1.807) is 13.8 Å². The predicted octanol–water partition coefficient (Wildman–Crippen LogP) is 6.97. The Bertz CT molecular complexity index is 504. The zero-order valence-corrected chi connectivity index (χ0v) is 20.7. The molecule has 32 heavy (non-hydrogen) atoms. The predicted molar refractivity (Wildman–Crippen MR) is 118 cm³/mol. The number of halogens is 3. The number of ether oxygens (including phenoxy) is 3. The van der Waals surface area contributed by atoms with Crippen molar-refractivity contribution in [3.8, 4) is 0 Å². The van der Waals surface area contributed by atoms with E-state index in [9.17, 15) is 22.8 Å². The van der Waals surface area contributed by atoms with Crippen molar-refractivity contribution in [1.29, 1.82) is 0 Å². The Balaban J connectivity index is 4.34. The van der Waals surface area contributed by atoms with Crippen LogP contribution in [-0.4, -0.2) is 37.6 Å². The van der Waals surface area contributed by atoms with Gasteiger partial charge < -0.3 is 9.47 Å². The topological polar surface area (TPSA) is 61.8 Å². The fourth-order valence-electron chi connectivity index (χ4n) is 3.54. The first-order valence-electron chi connectivity index (χ1n) is 11.8. The van der Waals surface area contributed by atoms with Gasteiger partial charge in [0.25, 0.3) is 0 Å². The Morgan fingerprint density at radius 1 is 0.688 bits per heavy atom. The first-order chi connectivity index (χ1) is 14.7. The summed E-state index contributed by atoms with van der Waals surface area (Å²) in [4.78, 5) is 23.8. The standard InChI is InChI=1S/C24H43F3O5/c1-7-30-20(28)22(3,4)17-13-9-11-15-19(32-24(25,26)27)16-12-10-14-18-23(5,6)21(29)31-8-2/h19H,7-18H2,1-6H3. The summed E-state index contributed by atoms with van der Waals surface area (Å²) >= 11 is 0. The van der Waals surface area contributed by atoms with Crippen molar-refractivity contribution >= 4 is 11.9 Å². The lowest BCUT2D eigenvalue weighted by Crippen LogP contribution is -2.27. The van der Waals surface area contributed by atoms with Crippen molar-refractivity contribution < 1.29 is 37.0 Å². The van der Waals surface area contributed by atoms with E-state index < -0.39 is 23.3 Å². The van der Waals surface area contributed by atoms with E-state index in [0.29, 0.717) is 51.7 Å². The van der Waals surface area contributed by atoms with Crippen LogP contribution in [0.15, 0.2) is 0 Å². The molecule has 0 N–H and O–H groups in total. The van der Waals surface area contributed by atoms with E-state index >= 15 is 0 Å². The zero-order chi connectivity index (χ0) is 24.8. The average molecular weight is 469 g/mol. The Morgan fingerprint density at radius 2 is 1.06 bits per heavy atom. The molecule has 0 fully saturated rings. The Kier molecular flexibility index (Phi) is 14.2. The largest absolute Gasteiger partial charge is 0.522 e. The average Bonchev–Trinajstić information content (AvgIpc) is 2.66. The van der Waals surface area contributed by atoms with Crippen molar-refractivity contribution in [2.45, 2.75) is 118 Å². The summed E-state index contributed by atoms with van der Waals surface area (Å²) in [6.45, 7) is 11.5. The first-order valence-corrected chi connectivity index (χ1v) is 11.8. The van der Waals surface area contributed by atoms with Crippen LogP contribution < -0.4 is 0 Å². The summed E-state index contributed by atoms with van der Waals surface area (Å²) in [6, 6.07) is 0. The summed E-state index contributed by atoms with van der Waals surface area (Å²) in [5.41, 5.74) is -1.18. The third kappa shape index (κ3) is 14.0. The van der Waals surface area contributed by atoms with E-state index in [2.05, 4.69) is 4.74 Å². The van der Waals surface area contributed by atoms with Gasteiger partial charge >= 0.3 is 18.3 Å². The molecule has 0 aliphatic rings. The van der Waals surface area contributed by atoms with Crippen molar-refractivity contribution in [2.75, 3.05) is 13.2 Å². The summed E-state index contributed by atoms with van der Waals surface area (Å²) < 4.78 is 52.7. The molecule has 0 unspecified atom stereocenters. The fourth-order valence-corrected chi connectivity index (χ4v) is 3.54. The van der Waals surface area contributed by atoms with Crippen LogP contribution in [-0.2, 0) is 23.8 Å². The molecular weight excluding hydrogens is 425 g/mol. The molecule has 8 heteroatoms. The normalized spacial score (nSPS) is 12.8. The second-order valence-corrected chi connectivity index (χ2v) is 9.59. The number of alkyl halides is 3. The van der Waals surface area contributed by atoms with Gasteiger partial charge in [-0.15, -0.1) is 13.2 Å². The number of esters is 2. The van der Waals surface area contributed by atoms with Gasteiger partial charge in [-0.25, -0.2) is 0 Å². The summed E-state index contributed by atoms with van der Waals surface area (Å²) in [6.07, 6.45) is 0.559. The minimum absolute atomic E-state index is 0.246. The van der Waals surface area contributed by atoms with Crippen LogP contribution in [0.2, 0.25) is 0 Å². The Labute approximate surface area is 191 Å². The molecule has 0 aromatic carbocycles. The molecule has 0 saturated heterocycles. The molecule has 0 aliphatic heterocycles. The maximum atomic E-state index is 12.8. The van der Waals surface area contributed by atoms with Crippen molar-refractivity contribution in [3.05, 3.63) is 0 Å². The molecule has 0 amide bonds. The second kappa shape index (κ2) is 14.8. The van der Waals surface area contributed by atoms with Crippen molar-refractivity contribution in [1.82, 2.24) is 0 Å². The molecule has 0 radical (unpaired) electrons. The summed E-state index contributed by atoms with van der Waals surface area (Å²) in [7, 11) is 0. The first kappa shape index (κ1) is 30.7. The smallest absolute Gasteiger partial charge is 0.466 e. The lowest BCUT2D eigenvalue weighted by atomic mass is 9.86. The molecule has 0 atom stereocenters. The van der Waals surface area contributed by atoms with E-state index in [4.69, 9.17) is 9.47 Å². The quantitative estimate of drug-likeness (QED) is 0.170. The van der Waals surface area contributed by atoms with E-state index in [0.717, 1.165) is 25.7 Å². The minimum atomic E-state index is -4.65. The van der Waals surface area contributed by atoms with Crippen LogP contribution in [0.3, 0.4) is 0 Å². The molecule has 0 heterocycles. The molecule has 0 aliphatic carbocycles. The zero-order valence-electron chi connectivity index (χ0n) is 20.7. The number of carbonyl (C=O) groups is 2. The molecule has 0 rings (SSSR count). The highest BCUT2D eigenvalue weighted by Gasteiger charge is 2.33. The Morgan fingerprint density at radius 3 is 1.38 bits per heavy atom. The van der Waals surface area contributed by atoms with Crippen LogP contribution >= 0.6 is 0 Å². The molecule has 0 saturated carbocycles. The number of carbonyl (C=O) groups excluding carboxylic acids is 2. The van der Waals surface area contributed by atoms with Gasteiger partial charge in [0.05, 0.1) is 30.1 Å². The molecule has 0 bridgehead atoms. The molecule has 190 valence electrons. The molecular formula is C24H43F3O5. The SMILES string of the molecule is CCOC(=O)C(C)(C)CCCCCC(CCCCCC(C)(C)C(=O)OCC)OC(F)(F)F. The number of hydrogen-bond acceptors (Lipinski definition) is 5. The van der Waals surface area contributed by atoms with E-state index in [-0.39, 0.29) is 11.9 Å². The number of hydrogen-bond donors (Lipinski definition) is 0. The van der Waals surface area contributed by atoms with Crippen LogP contribution in [0.1, 0.15) is 106 Å². The van der Waals surface area contributed by atoms with Crippen LogP contribution in [0.4, 0.5) is 13.2 Å². The fraction of sp³-hybridized carbons (Fsp3) is 0.917. The third-order valence-electron chi connectivity index (χ3n) is 5.61. The maximum absolute atomic E-state index is 12.8. The lowest BCUT2D eigenvalue weighted by molar-refractivity contribution is -0.344. The van der Waals surface area contributed by atoms with Gasteiger partial charge in [0.1, 0.15) is 0 Å². The van der Waals surface area contributed by atoms with Crippen LogP contribution in [0.25, 0.3) is 0 Å². The number of unbranched alkanes of at least 4 members (excludes halogenated alkanes) is 4. The maximum Gasteiger partial charge on any atom is 0.522 e. The molecule has 5 nitrogen and oxygen atoms in total. The lowest BCUT2D eigenvalue weighted by Gasteiger charge is -2.23. The van der Waals surface area contributed by atoms with E-state index in [1.165, 1.54) is 0 Å². The van der Waals surface area contributed by atoms with Gasteiger partial charge in [0, 0.05) is 0 Å². The van der Waals surface area contributed by atoms with Gasteiger partial charge in [0.2, 0.25) is 0 Å². The number of rotatable bonds is 17. The second-order valence-electron chi connectivity index (χ2n) is 9.59. The minimum Gasteiger partial charge on any atom is -0.466 e. The summed E-state index contributed by atoms with van der Waals surface area (Å²) in [5.74, 6) is -0.492. The molecule has 0 aromatic rings. The highest BCUT2D eigenvalue weighted by molar-refractivity contribution is 5.76. The molecule has 0 aromatic heterocycles. The van der Waals surface area contributed by atoms with Crippen LogP contribution in [0.5, 0.6) is 0 Å².